The SMILES string of the molecule is O=c1[nH]cc([N+](=O)[O-])cc1I. The van der Waals surface area contributed by atoms with Gasteiger partial charge in [-0.15, -0.1) is 0 Å². The predicted octanol–water partition coefficient (Wildman–Crippen LogP) is 0.888. The van der Waals surface area contributed by atoms with Crippen LogP contribution >= 0.6 is 22.6 Å². The van der Waals surface area contributed by atoms with Crippen molar-refractivity contribution in [2.75, 3.05) is 0 Å². The van der Waals surface area contributed by atoms with E-state index in [-0.39, 0.29) is 11.2 Å². The standard InChI is InChI=1S/C5H3IN2O3/c6-4-1-3(8(10)11)2-7-5(4)9/h1-2H,(H,7,9). The first kappa shape index (κ1) is 8.18. The molecule has 5 nitrogen and oxygen atoms in total. The Bertz CT molecular complexity index is 346. The number of nitrogens with zero attached hydrogens (tertiary/aromatic N) is 1. The van der Waals surface area contributed by atoms with Crippen molar-refractivity contribution in [3.8, 4) is 0 Å². The molecular formula is C5H3IN2O3. The molecule has 0 atom stereocenters. The van der Waals surface area contributed by atoms with Crippen LogP contribution in [0.15, 0.2) is 17.1 Å². The van der Waals surface area contributed by atoms with Gasteiger partial charge in [0.15, 0.2) is 0 Å². The molecule has 0 aromatic carbocycles. The molecule has 0 aliphatic rings. The number of hydrogen-bond acceptors (Lipinski definition) is 3. The molecule has 58 valence electrons. The molecule has 0 saturated carbocycles. The van der Waals surface area contributed by atoms with Crippen LogP contribution in [0.3, 0.4) is 0 Å². The highest BCUT2D eigenvalue weighted by Gasteiger charge is 2.06. The van der Waals surface area contributed by atoms with Crippen LogP contribution in [0.25, 0.3) is 0 Å². The van der Waals surface area contributed by atoms with E-state index in [2.05, 4.69) is 4.98 Å². The zero-order valence-corrected chi connectivity index (χ0v) is 7.36. The van der Waals surface area contributed by atoms with E-state index in [9.17, 15) is 14.9 Å². The summed E-state index contributed by atoms with van der Waals surface area (Å²) in [5.41, 5.74) is -0.412. The Balaban J connectivity index is 3.26. The highest BCUT2D eigenvalue weighted by Crippen LogP contribution is 2.08. The quantitative estimate of drug-likeness (QED) is 0.466. The molecule has 0 saturated heterocycles. The number of halogens is 1. The van der Waals surface area contributed by atoms with Crippen molar-refractivity contribution in [2.45, 2.75) is 0 Å². The van der Waals surface area contributed by atoms with Gasteiger partial charge < -0.3 is 4.98 Å². The average Bonchev–Trinajstić information content (AvgIpc) is 1.94. The molecule has 0 spiro atoms. The van der Waals surface area contributed by atoms with Gasteiger partial charge in [0.2, 0.25) is 0 Å². The third kappa shape index (κ3) is 1.76. The molecule has 0 aliphatic carbocycles. The van der Waals surface area contributed by atoms with E-state index >= 15 is 0 Å². The van der Waals surface area contributed by atoms with Crippen LogP contribution in [0, 0.1) is 13.7 Å². The van der Waals surface area contributed by atoms with Crippen molar-refractivity contribution < 1.29 is 4.92 Å². The van der Waals surface area contributed by atoms with Gasteiger partial charge >= 0.3 is 0 Å². The Labute approximate surface area is 74.7 Å². The summed E-state index contributed by atoms with van der Waals surface area (Å²) in [5.74, 6) is 0. The summed E-state index contributed by atoms with van der Waals surface area (Å²) in [4.78, 5) is 22.5. The van der Waals surface area contributed by atoms with E-state index in [1.165, 1.54) is 6.07 Å². The van der Waals surface area contributed by atoms with Crippen molar-refractivity contribution in [3.63, 3.8) is 0 Å². The number of H-pyrrole nitrogens is 1. The number of rotatable bonds is 1. The molecule has 11 heavy (non-hydrogen) atoms. The van der Waals surface area contributed by atoms with Crippen molar-refractivity contribution in [3.05, 3.63) is 36.3 Å². The lowest BCUT2D eigenvalue weighted by atomic mass is 10.4. The molecule has 1 aromatic heterocycles. The Kier molecular flexibility index (Phi) is 2.22. The number of pyridine rings is 1. The maximum atomic E-state index is 10.7. The van der Waals surface area contributed by atoms with Gasteiger partial charge in [-0.25, -0.2) is 0 Å². The number of hydrogen-bond donors (Lipinski definition) is 1. The largest absolute Gasteiger partial charge is 0.322 e. The van der Waals surface area contributed by atoms with E-state index < -0.39 is 4.92 Å². The summed E-state index contributed by atoms with van der Waals surface area (Å²) in [7, 11) is 0. The van der Waals surface area contributed by atoms with Gasteiger partial charge in [-0.05, 0) is 22.6 Å². The summed E-state index contributed by atoms with van der Waals surface area (Å²) in [6, 6.07) is 1.22. The maximum absolute atomic E-state index is 10.7. The van der Waals surface area contributed by atoms with E-state index in [0.717, 1.165) is 6.20 Å². The van der Waals surface area contributed by atoms with E-state index in [1.807, 2.05) is 0 Å². The molecule has 1 rings (SSSR count). The first-order chi connectivity index (χ1) is 5.11. The Morgan fingerprint density at radius 3 is 2.73 bits per heavy atom. The van der Waals surface area contributed by atoms with Gasteiger partial charge in [0.1, 0.15) is 0 Å². The van der Waals surface area contributed by atoms with Crippen LogP contribution in [0.4, 0.5) is 5.69 Å². The van der Waals surface area contributed by atoms with Crippen LogP contribution in [0.1, 0.15) is 0 Å². The van der Waals surface area contributed by atoms with Crippen molar-refractivity contribution in [1.29, 1.82) is 0 Å². The number of aromatic nitrogens is 1. The van der Waals surface area contributed by atoms with Crippen LogP contribution in [0.2, 0.25) is 0 Å². The molecule has 0 aliphatic heterocycles. The zero-order valence-electron chi connectivity index (χ0n) is 5.20. The van der Waals surface area contributed by atoms with Gasteiger partial charge in [0.05, 0.1) is 14.7 Å². The third-order valence-electron chi connectivity index (χ3n) is 1.05. The minimum atomic E-state index is -0.557. The summed E-state index contributed by atoms with van der Waals surface area (Å²) in [5, 5.41) is 10.1. The first-order valence-electron chi connectivity index (χ1n) is 2.64. The lowest BCUT2D eigenvalue weighted by Gasteiger charge is -1.89. The summed E-state index contributed by atoms with van der Waals surface area (Å²) < 4.78 is 0.316. The zero-order chi connectivity index (χ0) is 8.43. The van der Waals surface area contributed by atoms with Gasteiger partial charge in [-0.2, -0.15) is 0 Å². The molecule has 0 radical (unpaired) electrons. The first-order valence-corrected chi connectivity index (χ1v) is 3.72. The van der Waals surface area contributed by atoms with E-state index in [4.69, 9.17) is 0 Å². The summed E-state index contributed by atoms with van der Waals surface area (Å²) in [6.07, 6.45) is 1.07. The third-order valence-corrected chi connectivity index (χ3v) is 1.85. The smallest absolute Gasteiger partial charge is 0.286 e. The second kappa shape index (κ2) is 2.99. The van der Waals surface area contributed by atoms with Crippen LogP contribution in [-0.2, 0) is 0 Å². The van der Waals surface area contributed by atoms with Crippen LogP contribution in [0.5, 0.6) is 0 Å². The Morgan fingerprint density at radius 1 is 1.64 bits per heavy atom. The highest BCUT2D eigenvalue weighted by molar-refractivity contribution is 14.1. The van der Waals surface area contributed by atoms with Gasteiger partial charge in [-0.3, -0.25) is 14.9 Å². The molecule has 6 heteroatoms. The van der Waals surface area contributed by atoms with E-state index in [1.54, 1.807) is 22.6 Å². The molecule has 0 bridgehead atoms. The van der Waals surface area contributed by atoms with Crippen LogP contribution < -0.4 is 5.56 Å². The number of aromatic amines is 1. The molecule has 1 N–H and O–H groups in total. The topological polar surface area (TPSA) is 76.0 Å². The Hall–Kier alpha value is -0.920. The fraction of sp³-hybridized carbons (Fsp3) is 0. The molecule has 0 amide bonds. The summed E-state index contributed by atoms with van der Waals surface area (Å²) in [6.45, 7) is 0. The monoisotopic (exact) mass is 266 g/mol. The van der Waals surface area contributed by atoms with Gasteiger partial charge in [0.25, 0.3) is 11.2 Å². The minimum absolute atomic E-state index is 0.103. The predicted molar refractivity (Wildman–Crippen MR) is 46.4 cm³/mol. The minimum Gasteiger partial charge on any atom is -0.322 e. The van der Waals surface area contributed by atoms with Crippen molar-refractivity contribution >= 4 is 28.3 Å². The van der Waals surface area contributed by atoms with Gasteiger partial charge in [0, 0.05) is 6.07 Å². The fourth-order valence-electron chi connectivity index (χ4n) is 0.551. The normalized spacial score (nSPS) is 9.55. The Morgan fingerprint density at radius 2 is 2.27 bits per heavy atom. The lowest BCUT2D eigenvalue weighted by Crippen LogP contribution is -2.08. The second-order valence-electron chi connectivity index (χ2n) is 1.79. The highest BCUT2D eigenvalue weighted by atomic mass is 127. The fourth-order valence-corrected chi connectivity index (χ4v) is 1.03. The van der Waals surface area contributed by atoms with Crippen molar-refractivity contribution in [2.24, 2.45) is 0 Å². The number of nitro groups is 1. The molecule has 0 unspecified atom stereocenters. The average molecular weight is 266 g/mol. The lowest BCUT2D eigenvalue weighted by molar-refractivity contribution is -0.385. The maximum Gasteiger partial charge on any atom is 0.286 e. The van der Waals surface area contributed by atoms with Crippen molar-refractivity contribution in [1.82, 2.24) is 4.98 Å². The molecule has 1 aromatic rings. The van der Waals surface area contributed by atoms with E-state index in [0.29, 0.717) is 3.57 Å². The molecular weight excluding hydrogens is 263 g/mol. The molecule has 1 heterocycles. The number of nitrogens with one attached hydrogen (secondary N) is 1. The second-order valence-corrected chi connectivity index (χ2v) is 2.95. The van der Waals surface area contributed by atoms with Gasteiger partial charge in [-0.1, -0.05) is 0 Å². The van der Waals surface area contributed by atoms with Crippen LogP contribution in [-0.4, -0.2) is 9.91 Å². The summed E-state index contributed by atoms with van der Waals surface area (Å²) >= 11 is 1.74. The molecule has 0 fully saturated rings.